The summed E-state index contributed by atoms with van der Waals surface area (Å²) in [4.78, 5) is 21.4. The molecule has 2 aromatic carbocycles. The summed E-state index contributed by atoms with van der Waals surface area (Å²) in [5, 5.41) is 3.95. The number of hydrogen-bond acceptors (Lipinski definition) is 4. The number of hydrogen-bond donors (Lipinski definition) is 1. The molecule has 0 saturated carbocycles. The van der Waals surface area contributed by atoms with Crippen LogP contribution in [-0.4, -0.2) is 47.6 Å². The fourth-order valence-corrected chi connectivity index (χ4v) is 6.26. The number of anilines is 1. The largest absolute Gasteiger partial charge is 0.446 e. The van der Waals surface area contributed by atoms with Gasteiger partial charge >= 0.3 is 11.5 Å². The number of amides is 2. The molecule has 1 N–H and O–H groups in total. The van der Waals surface area contributed by atoms with Crippen molar-refractivity contribution in [3.63, 3.8) is 0 Å². The van der Waals surface area contributed by atoms with Gasteiger partial charge in [0.15, 0.2) is 0 Å². The zero-order chi connectivity index (χ0) is 28.3. The number of thioether (sulfide) groups is 1. The molecule has 1 spiro atoms. The highest BCUT2D eigenvalue weighted by Crippen LogP contribution is 2.49. The molecule has 0 radical (unpaired) electrons. The highest BCUT2D eigenvalue weighted by atomic mass is 35.5. The number of alkyl halides is 3. The van der Waals surface area contributed by atoms with Gasteiger partial charge in [-0.25, -0.2) is 9.78 Å². The molecule has 2 amide bonds. The Kier molecular flexibility index (Phi) is 8.66. The van der Waals surface area contributed by atoms with E-state index in [9.17, 15) is 18.0 Å². The number of piperidine rings is 1. The van der Waals surface area contributed by atoms with Crippen LogP contribution in [0.5, 0.6) is 0 Å². The summed E-state index contributed by atoms with van der Waals surface area (Å²) < 4.78 is 39.6. The Bertz CT molecular complexity index is 1390. The van der Waals surface area contributed by atoms with Crippen LogP contribution in [0.4, 0.5) is 23.7 Å². The molecular weight excluding hydrogens is 580 g/mol. The van der Waals surface area contributed by atoms with E-state index < -0.39 is 10.9 Å². The number of aromatic nitrogens is 1. The zero-order valence-corrected chi connectivity index (χ0v) is 23.8. The molecule has 0 aliphatic carbocycles. The van der Waals surface area contributed by atoms with Crippen LogP contribution in [0.2, 0.25) is 10.2 Å². The number of halogens is 5. The summed E-state index contributed by atoms with van der Waals surface area (Å²) >= 11 is 11.8. The van der Waals surface area contributed by atoms with E-state index in [1.54, 1.807) is 35.4 Å². The summed E-state index contributed by atoms with van der Waals surface area (Å²) in [6, 6.07) is 15.5. The molecule has 210 valence electrons. The summed E-state index contributed by atoms with van der Waals surface area (Å²) in [5.74, 6) is 0. The molecule has 2 aliphatic heterocycles. The van der Waals surface area contributed by atoms with Gasteiger partial charge in [0.1, 0.15) is 5.15 Å². The topological polar surface area (TPSA) is 48.5 Å². The minimum atomic E-state index is -4.39. The predicted molar refractivity (Wildman–Crippen MR) is 155 cm³/mol. The van der Waals surface area contributed by atoms with Crippen LogP contribution in [0.25, 0.3) is 6.08 Å². The first-order chi connectivity index (χ1) is 19.1. The van der Waals surface area contributed by atoms with Crippen LogP contribution in [0.3, 0.4) is 0 Å². The van der Waals surface area contributed by atoms with E-state index in [4.69, 9.17) is 23.2 Å². The molecule has 3 heterocycles. The smallest absolute Gasteiger partial charge is 0.334 e. The van der Waals surface area contributed by atoms with Crippen LogP contribution in [0, 0.1) is 0 Å². The van der Waals surface area contributed by atoms with E-state index in [0.29, 0.717) is 22.4 Å². The number of carbonyl (C=O) groups is 1. The van der Waals surface area contributed by atoms with Gasteiger partial charge in [-0.1, -0.05) is 47.5 Å². The molecule has 1 fully saturated rings. The van der Waals surface area contributed by atoms with E-state index in [1.165, 1.54) is 6.07 Å². The van der Waals surface area contributed by atoms with E-state index >= 15 is 0 Å². The van der Waals surface area contributed by atoms with Crippen LogP contribution in [0.15, 0.2) is 71.8 Å². The fourth-order valence-electron chi connectivity index (χ4n) is 5.36. The average molecular weight is 608 g/mol. The number of nitrogens with zero attached hydrogens (tertiary/aromatic N) is 3. The van der Waals surface area contributed by atoms with Gasteiger partial charge in [-0.15, -0.1) is 0 Å². The van der Waals surface area contributed by atoms with Gasteiger partial charge in [-0.2, -0.15) is 13.2 Å². The number of nitrogens with one attached hydrogen (secondary N) is 1. The maximum Gasteiger partial charge on any atom is 0.446 e. The Morgan fingerprint density at radius 3 is 2.52 bits per heavy atom. The van der Waals surface area contributed by atoms with Crippen LogP contribution >= 0.6 is 35.0 Å². The summed E-state index contributed by atoms with van der Waals surface area (Å²) in [5.41, 5.74) is -1.46. The van der Waals surface area contributed by atoms with Gasteiger partial charge < -0.3 is 5.32 Å². The van der Waals surface area contributed by atoms with Crippen molar-refractivity contribution in [2.45, 2.75) is 35.2 Å². The number of likely N-dealkylation sites (tertiary alicyclic amines) is 1. The summed E-state index contributed by atoms with van der Waals surface area (Å²) in [6.45, 7) is 2.97. The second-order valence-electron chi connectivity index (χ2n) is 9.99. The summed E-state index contributed by atoms with van der Waals surface area (Å²) in [7, 11) is 0. The Labute approximate surface area is 245 Å². The molecule has 1 saturated heterocycles. The molecule has 3 aromatic rings. The molecule has 0 atom stereocenters. The van der Waals surface area contributed by atoms with Crippen LogP contribution in [-0.2, 0) is 12.0 Å². The second-order valence-corrected chi connectivity index (χ2v) is 12.0. The lowest BCUT2D eigenvalue weighted by atomic mass is 9.74. The molecule has 0 unspecified atom stereocenters. The molecule has 40 heavy (non-hydrogen) atoms. The lowest BCUT2D eigenvalue weighted by molar-refractivity contribution is -0.0328. The lowest BCUT2D eigenvalue weighted by Gasteiger charge is -2.39. The lowest BCUT2D eigenvalue weighted by Crippen LogP contribution is -2.47. The number of pyridine rings is 1. The van der Waals surface area contributed by atoms with Gasteiger partial charge in [0, 0.05) is 46.9 Å². The Hall–Kier alpha value is -2.72. The standard InChI is InChI=1S/C29H27Cl2F3N4OS/c30-22-5-3-20(4-6-22)2-1-13-37-14-10-28(11-15-37)19-38(27(39)36-18-21-9-12-35-26(31)16-21)25-8-7-23(17-24(25)28)40-29(32,33)34/h1-9,12,16-17H,10-11,13-15,18-19H2,(H,36,39)/b2-1+. The van der Waals surface area contributed by atoms with E-state index in [-0.39, 0.29) is 29.2 Å². The molecule has 2 aliphatic rings. The van der Waals surface area contributed by atoms with Gasteiger partial charge in [0.2, 0.25) is 0 Å². The average Bonchev–Trinajstić information content (AvgIpc) is 3.22. The predicted octanol–water partition coefficient (Wildman–Crippen LogP) is 7.78. The first-order valence-electron chi connectivity index (χ1n) is 12.8. The first kappa shape index (κ1) is 28.8. The fraction of sp³-hybridized carbons (Fsp3) is 0.310. The molecule has 11 heteroatoms. The van der Waals surface area contributed by atoms with Crippen molar-refractivity contribution in [1.82, 2.24) is 15.2 Å². The Morgan fingerprint density at radius 2 is 1.82 bits per heavy atom. The normalized spacial score (nSPS) is 17.0. The van der Waals surface area contributed by atoms with Gasteiger partial charge in [0.25, 0.3) is 0 Å². The molecule has 1 aromatic heterocycles. The van der Waals surface area contributed by atoms with Crippen molar-refractivity contribution in [2.75, 3.05) is 31.1 Å². The van der Waals surface area contributed by atoms with Crippen molar-refractivity contribution in [2.24, 2.45) is 0 Å². The highest BCUT2D eigenvalue weighted by molar-refractivity contribution is 8.00. The van der Waals surface area contributed by atoms with Gasteiger partial charge in [0.05, 0.1) is 0 Å². The monoisotopic (exact) mass is 606 g/mol. The zero-order valence-electron chi connectivity index (χ0n) is 21.4. The molecular formula is C29H27Cl2F3N4OS. The minimum Gasteiger partial charge on any atom is -0.334 e. The van der Waals surface area contributed by atoms with E-state index in [0.717, 1.165) is 49.2 Å². The Balaban J connectivity index is 1.31. The third-order valence-electron chi connectivity index (χ3n) is 7.36. The van der Waals surface area contributed by atoms with Crippen molar-refractivity contribution < 1.29 is 18.0 Å². The van der Waals surface area contributed by atoms with Crippen LogP contribution in [0.1, 0.15) is 29.5 Å². The van der Waals surface area contributed by atoms with Crippen molar-refractivity contribution in [3.05, 3.63) is 93.7 Å². The number of carbonyl (C=O) groups excluding carboxylic acids is 1. The quantitative estimate of drug-likeness (QED) is 0.230. The van der Waals surface area contributed by atoms with Gasteiger partial charge in [-0.05, 0) is 96.8 Å². The molecule has 0 bridgehead atoms. The SMILES string of the molecule is O=C(NCc1ccnc(Cl)c1)N1CC2(CCN(C/C=C/c3ccc(Cl)cc3)CC2)c2cc(SC(F)(F)F)ccc21. The second kappa shape index (κ2) is 12.0. The van der Waals surface area contributed by atoms with Crippen molar-refractivity contribution in [1.29, 1.82) is 0 Å². The molecule has 5 rings (SSSR count). The van der Waals surface area contributed by atoms with E-state index in [1.807, 2.05) is 30.3 Å². The van der Waals surface area contributed by atoms with Crippen molar-refractivity contribution in [3.8, 4) is 0 Å². The first-order valence-corrected chi connectivity index (χ1v) is 14.4. The van der Waals surface area contributed by atoms with Crippen LogP contribution < -0.4 is 10.2 Å². The number of benzene rings is 2. The maximum atomic E-state index is 13.3. The van der Waals surface area contributed by atoms with Crippen molar-refractivity contribution >= 4 is 52.8 Å². The highest BCUT2D eigenvalue weighted by Gasteiger charge is 2.46. The number of urea groups is 1. The number of rotatable bonds is 6. The third-order valence-corrected chi connectivity index (χ3v) is 8.54. The van der Waals surface area contributed by atoms with Gasteiger partial charge in [-0.3, -0.25) is 9.80 Å². The maximum absolute atomic E-state index is 13.3. The Morgan fingerprint density at radius 1 is 1.07 bits per heavy atom. The molecule has 5 nitrogen and oxygen atoms in total. The summed E-state index contributed by atoms with van der Waals surface area (Å²) in [6.07, 6.45) is 7.20. The number of fused-ring (bicyclic) bond motifs is 2. The minimum absolute atomic E-state index is 0.122. The third kappa shape index (κ3) is 6.94. The van der Waals surface area contributed by atoms with E-state index in [2.05, 4.69) is 21.3 Å².